The normalized spacial score (nSPS) is 18.8. The largest absolute Gasteiger partial charge is 0.356 e. The molecule has 0 aliphatic carbocycles. The summed E-state index contributed by atoms with van der Waals surface area (Å²) in [6, 6.07) is 2.10. The van der Waals surface area contributed by atoms with Gasteiger partial charge >= 0.3 is 0 Å². The Morgan fingerprint density at radius 1 is 1.17 bits per heavy atom. The maximum Gasteiger partial charge on any atom is 0.105 e. The highest BCUT2D eigenvalue weighted by Crippen LogP contribution is 2.36. The third-order valence-electron chi connectivity index (χ3n) is 4.18. The van der Waals surface area contributed by atoms with Crippen LogP contribution in [0.3, 0.4) is 0 Å². The third kappa shape index (κ3) is 1.93. The van der Waals surface area contributed by atoms with Crippen LogP contribution in [-0.2, 0) is 6.54 Å². The molecule has 0 saturated carbocycles. The van der Waals surface area contributed by atoms with Crippen molar-refractivity contribution in [2.75, 3.05) is 6.54 Å². The maximum atomic E-state index is 6.29. The molecule has 3 rings (SSSR count). The summed E-state index contributed by atoms with van der Waals surface area (Å²) in [5.74, 6) is 1.28. The minimum atomic E-state index is 0.875. The van der Waals surface area contributed by atoms with Crippen molar-refractivity contribution in [2.24, 2.45) is 4.99 Å². The smallest absolute Gasteiger partial charge is 0.105 e. The topological polar surface area (TPSA) is 15.6 Å². The number of hydrogen-bond donors (Lipinski definition) is 0. The van der Waals surface area contributed by atoms with Gasteiger partial charge in [-0.05, 0) is 49.4 Å². The van der Waals surface area contributed by atoms with Crippen LogP contribution in [0.15, 0.2) is 11.1 Å². The number of rotatable bonds is 0. The van der Waals surface area contributed by atoms with Gasteiger partial charge in [0, 0.05) is 24.5 Å². The molecule has 0 N–H and O–H groups in total. The van der Waals surface area contributed by atoms with Gasteiger partial charge in [0.15, 0.2) is 0 Å². The molecule has 2 aliphatic heterocycles. The molecule has 0 bridgehead atoms. The number of nitrogens with zero attached hydrogens (tertiary/aromatic N) is 2. The second-order valence-electron chi connectivity index (χ2n) is 5.38. The lowest BCUT2D eigenvalue weighted by atomic mass is 10.0. The van der Waals surface area contributed by atoms with Crippen LogP contribution in [0.2, 0.25) is 5.02 Å². The van der Waals surface area contributed by atoms with Gasteiger partial charge in [0.25, 0.3) is 0 Å². The van der Waals surface area contributed by atoms with Gasteiger partial charge in [-0.15, -0.1) is 0 Å². The van der Waals surface area contributed by atoms with Crippen molar-refractivity contribution in [3.05, 3.63) is 27.8 Å². The predicted octanol–water partition coefficient (Wildman–Crippen LogP) is 4.38. The molecule has 0 spiro atoms. The average molecular weight is 263 g/mol. The molecular formula is C15H19ClN2. The summed E-state index contributed by atoms with van der Waals surface area (Å²) in [5, 5.41) is 0.875. The summed E-state index contributed by atoms with van der Waals surface area (Å²) in [6.45, 7) is 6.34. The van der Waals surface area contributed by atoms with Gasteiger partial charge in [0.1, 0.15) is 5.84 Å². The van der Waals surface area contributed by atoms with Crippen LogP contribution in [0.4, 0.5) is 5.69 Å². The fourth-order valence-electron chi connectivity index (χ4n) is 2.88. The molecular weight excluding hydrogens is 244 g/mol. The highest BCUT2D eigenvalue weighted by Gasteiger charge is 2.23. The van der Waals surface area contributed by atoms with Crippen LogP contribution in [0.25, 0.3) is 0 Å². The van der Waals surface area contributed by atoms with Gasteiger partial charge < -0.3 is 4.90 Å². The lowest BCUT2D eigenvalue weighted by Crippen LogP contribution is -2.32. The van der Waals surface area contributed by atoms with Crippen LogP contribution in [-0.4, -0.2) is 17.3 Å². The molecule has 18 heavy (non-hydrogen) atoms. The summed E-state index contributed by atoms with van der Waals surface area (Å²) >= 11 is 6.29. The molecule has 1 saturated heterocycles. The highest BCUT2D eigenvalue weighted by atomic mass is 35.5. The minimum absolute atomic E-state index is 0.875. The number of amidine groups is 1. The summed E-state index contributed by atoms with van der Waals surface area (Å²) in [6.07, 6.45) is 5.01. The Bertz CT molecular complexity index is 520. The van der Waals surface area contributed by atoms with Gasteiger partial charge in [-0.3, -0.25) is 0 Å². The zero-order valence-electron chi connectivity index (χ0n) is 11.1. The molecule has 0 radical (unpaired) electrons. The number of hydrogen-bond acceptors (Lipinski definition) is 2. The Labute approximate surface area is 114 Å². The summed E-state index contributed by atoms with van der Waals surface area (Å²) < 4.78 is 0. The van der Waals surface area contributed by atoms with Crippen LogP contribution in [0.5, 0.6) is 0 Å². The van der Waals surface area contributed by atoms with Crippen molar-refractivity contribution in [3.8, 4) is 0 Å². The summed E-state index contributed by atoms with van der Waals surface area (Å²) in [5.41, 5.74) is 4.87. The molecule has 96 valence electrons. The molecule has 1 fully saturated rings. The van der Waals surface area contributed by atoms with Gasteiger partial charge in [-0.1, -0.05) is 18.0 Å². The van der Waals surface area contributed by atoms with Crippen LogP contribution < -0.4 is 0 Å². The first-order valence-corrected chi connectivity index (χ1v) is 7.15. The number of aliphatic imine (C=N–C) groups is 1. The minimum Gasteiger partial charge on any atom is -0.356 e. The Morgan fingerprint density at radius 2 is 2.00 bits per heavy atom. The monoisotopic (exact) mass is 262 g/mol. The standard InChI is InChI=1S/C15H19ClN2/c1-10-11(2)15-12(8-13(10)16)9-18-7-5-3-4-6-14(18)17-15/h8H,3-7,9H2,1-2H3. The van der Waals surface area contributed by atoms with Crippen LogP contribution in [0.1, 0.15) is 42.4 Å². The van der Waals surface area contributed by atoms with Crippen molar-refractivity contribution in [1.29, 1.82) is 0 Å². The van der Waals surface area contributed by atoms with Crippen LogP contribution >= 0.6 is 11.6 Å². The number of benzene rings is 1. The molecule has 2 aliphatic rings. The summed E-state index contributed by atoms with van der Waals surface area (Å²) in [7, 11) is 0. The van der Waals surface area contributed by atoms with E-state index in [0.717, 1.165) is 24.5 Å². The van der Waals surface area contributed by atoms with E-state index in [0.29, 0.717) is 0 Å². The van der Waals surface area contributed by atoms with Crippen molar-refractivity contribution in [3.63, 3.8) is 0 Å². The average Bonchev–Trinajstić information content (AvgIpc) is 2.59. The van der Waals surface area contributed by atoms with Gasteiger partial charge in [0.2, 0.25) is 0 Å². The molecule has 2 nitrogen and oxygen atoms in total. The fraction of sp³-hybridized carbons (Fsp3) is 0.533. The number of halogens is 1. The van der Waals surface area contributed by atoms with Gasteiger partial charge in [0.05, 0.1) is 5.69 Å². The molecule has 0 amide bonds. The first-order valence-electron chi connectivity index (χ1n) is 6.78. The zero-order valence-corrected chi connectivity index (χ0v) is 11.8. The Kier molecular flexibility index (Phi) is 3.06. The molecule has 0 aromatic heterocycles. The third-order valence-corrected chi connectivity index (χ3v) is 4.57. The lowest BCUT2D eigenvalue weighted by molar-refractivity contribution is 0.403. The SMILES string of the molecule is Cc1c(Cl)cc2c(c1C)N=C1CCCCCN1C2. The Morgan fingerprint density at radius 3 is 2.83 bits per heavy atom. The Balaban J connectivity index is 2.09. The van der Waals surface area contributed by atoms with Crippen molar-refractivity contribution >= 4 is 23.1 Å². The lowest BCUT2D eigenvalue weighted by Gasteiger charge is -2.30. The maximum absolute atomic E-state index is 6.29. The van der Waals surface area contributed by atoms with E-state index in [1.54, 1.807) is 0 Å². The molecule has 0 unspecified atom stereocenters. The zero-order chi connectivity index (χ0) is 12.7. The van der Waals surface area contributed by atoms with Crippen molar-refractivity contribution in [2.45, 2.75) is 46.1 Å². The van der Waals surface area contributed by atoms with E-state index in [-0.39, 0.29) is 0 Å². The first kappa shape index (κ1) is 12.0. The van der Waals surface area contributed by atoms with Gasteiger partial charge in [-0.25, -0.2) is 4.99 Å². The summed E-state index contributed by atoms with van der Waals surface area (Å²) in [4.78, 5) is 7.34. The van der Waals surface area contributed by atoms with Crippen molar-refractivity contribution in [1.82, 2.24) is 4.90 Å². The quantitative estimate of drug-likeness (QED) is 0.678. The van der Waals surface area contributed by atoms with E-state index in [1.807, 2.05) is 0 Å². The van der Waals surface area contributed by atoms with E-state index in [2.05, 4.69) is 24.8 Å². The molecule has 1 aromatic carbocycles. The number of fused-ring (bicyclic) bond motifs is 2. The van der Waals surface area contributed by atoms with E-state index >= 15 is 0 Å². The second-order valence-corrected chi connectivity index (χ2v) is 5.78. The molecule has 3 heteroatoms. The molecule has 1 aromatic rings. The fourth-order valence-corrected chi connectivity index (χ4v) is 3.16. The molecule has 0 atom stereocenters. The van der Waals surface area contributed by atoms with Crippen LogP contribution in [0, 0.1) is 13.8 Å². The Hall–Kier alpha value is -1.02. The predicted molar refractivity (Wildman–Crippen MR) is 76.9 cm³/mol. The molecule has 2 heterocycles. The van der Waals surface area contributed by atoms with E-state index in [9.17, 15) is 0 Å². The van der Waals surface area contributed by atoms with Crippen molar-refractivity contribution < 1.29 is 0 Å². The first-order chi connectivity index (χ1) is 8.66. The van der Waals surface area contributed by atoms with E-state index < -0.39 is 0 Å². The highest BCUT2D eigenvalue weighted by molar-refractivity contribution is 6.31. The van der Waals surface area contributed by atoms with Gasteiger partial charge in [-0.2, -0.15) is 0 Å². The van der Waals surface area contributed by atoms with E-state index in [4.69, 9.17) is 16.6 Å². The van der Waals surface area contributed by atoms with E-state index in [1.165, 1.54) is 47.5 Å². The second kappa shape index (κ2) is 4.58.